The third-order valence-corrected chi connectivity index (χ3v) is 15.1. The van der Waals surface area contributed by atoms with Crippen molar-refractivity contribution in [1.82, 2.24) is 4.57 Å². The molecule has 2 nitrogen and oxygen atoms in total. The zero-order chi connectivity index (χ0) is 45.8. The Kier molecular flexibility index (Phi) is 8.66. The van der Waals surface area contributed by atoms with Crippen molar-refractivity contribution >= 4 is 82.0 Å². The quantitative estimate of drug-likeness (QED) is 0.151. The van der Waals surface area contributed by atoms with Crippen LogP contribution in [0.5, 0.6) is 0 Å². The van der Waals surface area contributed by atoms with E-state index in [0.717, 1.165) is 17.1 Å². The maximum absolute atomic E-state index is 2.50. The summed E-state index contributed by atoms with van der Waals surface area (Å²) in [6.07, 6.45) is 0. The number of rotatable bonds is 6. The molecule has 324 valence electrons. The minimum atomic E-state index is -0.123. The van der Waals surface area contributed by atoms with E-state index >= 15 is 0 Å². The predicted molar refractivity (Wildman–Crippen MR) is 294 cm³/mol. The van der Waals surface area contributed by atoms with E-state index in [0.29, 0.717) is 0 Å². The highest BCUT2D eigenvalue weighted by atomic mass is 15.1. The predicted octanol–water partition coefficient (Wildman–Crippen LogP) is 18.5. The van der Waals surface area contributed by atoms with Crippen LogP contribution in [0, 0.1) is 0 Å². The second-order valence-corrected chi connectivity index (χ2v) is 19.2. The van der Waals surface area contributed by atoms with Gasteiger partial charge in [0.15, 0.2) is 0 Å². The SMILES string of the molecule is CC1(C)c2ccccc2-c2ccc(N(c3ccc(-c4cc5c6ccccc6c6c(c7ccccc7n6-c6ccc7ccccc7c6)c5c5ccccc45)cc3)c3cccc(-c4ccccc4)c3)cc21. The molecule has 1 heterocycles. The van der Waals surface area contributed by atoms with Crippen molar-refractivity contribution in [1.29, 1.82) is 0 Å². The third-order valence-electron chi connectivity index (χ3n) is 15.1. The zero-order valence-electron chi connectivity index (χ0n) is 38.5. The van der Waals surface area contributed by atoms with E-state index in [-0.39, 0.29) is 5.41 Å². The molecule has 2 heteroatoms. The van der Waals surface area contributed by atoms with Crippen molar-refractivity contribution in [2.45, 2.75) is 19.3 Å². The van der Waals surface area contributed by atoms with Gasteiger partial charge in [-0.1, -0.05) is 196 Å². The van der Waals surface area contributed by atoms with Gasteiger partial charge in [0.05, 0.1) is 11.0 Å². The summed E-state index contributed by atoms with van der Waals surface area (Å²) in [6, 6.07) is 90.0. The van der Waals surface area contributed by atoms with E-state index < -0.39 is 0 Å². The van der Waals surface area contributed by atoms with Crippen LogP contribution in [0.4, 0.5) is 17.1 Å². The van der Waals surface area contributed by atoms with Crippen molar-refractivity contribution in [2.24, 2.45) is 0 Å². The Bertz CT molecular complexity index is 4210. The smallest absolute Gasteiger partial charge is 0.0626 e. The first-order valence-electron chi connectivity index (χ1n) is 24.1. The molecule has 0 atom stereocenters. The Labute approximate surface area is 401 Å². The average Bonchev–Trinajstić information content (AvgIpc) is 3.87. The highest BCUT2D eigenvalue weighted by Gasteiger charge is 2.36. The molecule has 69 heavy (non-hydrogen) atoms. The van der Waals surface area contributed by atoms with Crippen LogP contribution >= 0.6 is 0 Å². The lowest BCUT2D eigenvalue weighted by atomic mass is 9.82. The summed E-state index contributed by atoms with van der Waals surface area (Å²) in [6.45, 7) is 4.73. The van der Waals surface area contributed by atoms with Crippen LogP contribution in [0.3, 0.4) is 0 Å². The number of hydrogen-bond donors (Lipinski definition) is 0. The highest BCUT2D eigenvalue weighted by Crippen LogP contribution is 2.52. The average molecular weight is 879 g/mol. The van der Waals surface area contributed by atoms with Gasteiger partial charge in [-0.05, 0) is 137 Å². The number of para-hydroxylation sites is 1. The fourth-order valence-electron chi connectivity index (χ4n) is 11.9. The van der Waals surface area contributed by atoms with Gasteiger partial charge in [0.1, 0.15) is 0 Å². The minimum Gasteiger partial charge on any atom is -0.310 e. The van der Waals surface area contributed by atoms with Crippen molar-refractivity contribution in [3.05, 3.63) is 254 Å². The van der Waals surface area contributed by atoms with Crippen LogP contribution < -0.4 is 4.90 Å². The largest absolute Gasteiger partial charge is 0.310 e. The number of aromatic nitrogens is 1. The van der Waals surface area contributed by atoms with Crippen LogP contribution in [-0.2, 0) is 5.41 Å². The normalized spacial score (nSPS) is 12.9. The van der Waals surface area contributed by atoms with Gasteiger partial charge in [-0.2, -0.15) is 0 Å². The van der Waals surface area contributed by atoms with Gasteiger partial charge >= 0.3 is 0 Å². The van der Waals surface area contributed by atoms with Crippen molar-refractivity contribution in [3.63, 3.8) is 0 Å². The Balaban J connectivity index is 0.970. The Hall–Kier alpha value is -8.72. The molecule has 12 aromatic carbocycles. The topological polar surface area (TPSA) is 8.17 Å². The molecule has 0 unspecified atom stereocenters. The van der Waals surface area contributed by atoms with Gasteiger partial charge in [-0.15, -0.1) is 0 Å². The molecule has 0 spiro atoms. The minimum absolute atomic E-state index is 0.123. The molecule has 0 bridgehead atoms. The van der Waals surface area contributed by atoms with Gasteiger partial charge < -0.3 is 9.47 Å². The fourth-order valence-corrected chi connectivity index (χ4v) is 11.9. The molecule has 0 N–H and O–H groups in total. The summed E-state index contributed by atoms with van der Waals surface area (Å²) in [5.74, 6) is 0. The van der Waals surface area contributed by atoms with E-state index in [1.54, 1.807) is 0 Å². The van der Waals surface area contributed by atoms with E-state index in [2.05, 4.69) is 266 Å². The van der Waals surface area contributed by atoms with Crippen molar-refractivity contribution in [3.8, 4) is 39.1 Å². The lowest BCUT2D eigenvalue weighted by Crippen LogP contribution is -2.16. The van der Waals surface area contributed by atoms with Crippen LogP contribution in [0.25, 0.3) is 104 Å². The maximum atomic E-state index is 2.50. The lowest BCUT2D eigenvalue weighted by molar-refractivity contribution is 0.660. The Morgan fingerprint density at radius 2 is 0.971 bits per heavy atom. The number of nitrogens with zero attached hydrogens (tertiary/aromatic N) is 2. The Morgan fingerprint density at radius 3 is 1.81 bits per heavy atom. The number of fused-ring (bicyclic) bond motifs is 14. The zero-order valence-corrected chi connectivity index (χ0v) is 38.5. The van der Waals surface area contributed by atoms with Gasteiger partial charge in [-0.3, -0.25) is 0 Å². The number of benzene rings is 12. The summed E-state index contributed by atoms with van der Waals surface area (Å²) in [7, 11) is 0. The van der Waals surface area contributed by atoms with Crippen molar-refractivity contribution < 1.29 is 0 Å². The molecule has 1 aliphatic carbocycles. The third kappa shape index (κ3) is 5.98. The summed E-state index contributed by atoms with van der Waals surface area (Å²) < 4.78 is 2.50. The summed E-state index contributed by atoms with van der Waals surface area (Å²) in [5, 5.41) is 12.6. The van der Waals surface area contributed by atoms with Crippen LogP contribution in [-0.4, -0.2) is 4.57 Å². The Morgan fingerprint density at radius 1 is 0.333 bits per heavy atom. The molecule has 0 radical (unpaired) electrons. The highest BCUT2D eigenvalue weighted by molar-refractivity contribution is 6.38. The summed E-state index contributed by atoms with van der Waals surface area (Å²) in [4.78, 5) is 2.43. The molecule has 0 fully saturated rings. The summed E-state index contributed by atoms with van der Waals surface area (Å²) in [5.41, 5.74) is 17.0. The van der Waals surface area contributed by atoms with Crippen LogP contribution in [0.2, 0.25) is 0 Å². The molecule has 14 rings (SSSR count). The first-order chi connectivity index (χ1) is 34.0. The van der Waals surface area contributed by atoms with E-state index in [1.165, 1.54) is 115 Å². The van der Waals surface area contributed by atoms with Gasteiger partial charge in [-0.25, -0.2) is 0 Å². The van der Waals surface area contributed by atoms with Gasteiger partial charge in [0, 0.05) is 49.7 Å². The standard InChI is InChI=1S/C67H46N2/c1-67(2)61-29-14-12-25-54(61)55-38-37-51(41-62(55)67)68(49-22-16-21-47(39-49)43-17-4-3-5-18-43)48-34-32-45(33-35-48)59-42-60-53-24-9-11-27-57(53)66-65(64(60)56-26-10-8-23-52(56)59)58-28-13-15-30-63(58)69(66)50-36-31-44-19-6-7-20-46(44)40-50/h3-42H,1-2H3. The van der Waals surface area contributed by atoms with E-state index in [4.69, 9.17) is 0 Å². The second kappa shape index (κ2) is 15.2. The lowest BCUT2D eigenvalue weighted by Gasteiger charge is -2.28. The molecule has 1 aliphatic rings. The second-order valence-electron chi connectivity index (χ2n) is 19.2. The van der Waals surface area contributed by atoms with E-state index in [9.17, 15) is 0 Å². The van der Waals surface area contributed by atoms with Gasteiger partial charge in [0.2, 0.25) is 0 Å². The molecule has 0 amide bonds. The van der Waals surface area contributed by atoms with E-state index in [1.807, 2.05) is 0 Å². The van der Waals surface area contributed by atoms with Crippen LogP contribution in [0.1, 0.15) is 25.0 Å². The van der Waals surface area contributed by atoms with Gasteiger partial charge in [0.25, 0.3) is 0 Å². The molecule has 13 aromatic rings. The molecule has 0 aliphatic heterocycles. The molecule has 1 aromatic heterocycles. The number of anilines is 3. The molecular formula is C67H46N2. The van der Waals surface area contributed by atoms with Crippen molar-refractivity contribution in [2.75, 3.05) is 4.90 Å². The first kappa shape index (κ1) is 39.4. The first-order valence-corrected chi connectivity index (χ1v) is 24.1. The van der Waals surface area contributed by atoms with Crippen LogP contribution in [0.15, 0.2) is 243 Å². The number of hydrogen-bond acceptors (Lipinski definition) is 1. The monoisotopic (exact) mass is 878 g/mol. The fraction of sp³-hybridized carbons (Fsp3) is 0.0448. The molecule has 0 saturated heterocycles. The summed E-state index contributed by atoms with van der Waals surface area (Å²) >= 11 is 0. The molecule has 0 saturated carbocycles. The maximum Gasteiger partial charge on any atom is 0.0626 e. The molecular weight excluding hydrogens is 833 g/mol.